The van der Waals surface area contributed by atoms with E-state index >= 15 is 0 Å². The molecule has 12 heteroatoms. The Hall–Kier alpha value is -4.45. The van der Waals surface area contributed by atoms with Crippen LogP contribution in [0.15, 0.2) is 65.2 Å². The lowest BCUT2D eigenvalue weighted by Crippen LogP contribution is -2.65. The molecule has 0 unspecified atom stereocenters. The highest BCUT2D eigenvalue weighted by Gasteiger charge is 2.36. The Balaban J connectivity index is 1.55. The van der Waals surface area contributed by atoms with E-state index in [9.17, 15) is 18.0 Å². The number of hydrogen-bond donors (Lipinski definition) is 3. The number of H-pyrrole nitrogens is 1. The summed E-state index contributed by atoms with van der Waals surface area (Å²) in [6, 6.07) is 14.4. The second-order valence-corrected chi connectivity index (χ2v) is 8.27. The van der Waals surface area contributed by atoms with Gasteiger partial charge in [0, 0.05) is 35.3 Å². The molecule has 36 heavy (non-hydrogen) atoms. The van der Waals surface area contributed by atoms with Crippen LogP contribution in [0.25, 0.3) is 39.6 Å². The van der Waals surface area contributed by atoms with Crippen molar-refractivity contribution < 1.29 is 28.1 Å². The molecule has 9 nitrogen and oxygen atoms in total. The van der Waals surface area contributed by atoms with Crippen LogP contribution in [0.5, 0.6) is 0 Å². The van der Waals surface area contributed by atoms with Crippen molar-refractivity contribution in [2.24, 2.45) is 0 Å². The molecule has 5 aromatic rings. The zero-order valence-corrected chi connectivity index (χ0v) is 19.0. The first-order chi connectivity index (χ1) is 17.2. The van der Waals surface area contributed by atoms with Gasteiger partial charge in [0.25, 0.3) is 11.8 Å². The quantitative estimate of drug-likeness (QED) is 0.332. The van der Waals surface area contributed by atoms with Crippen molar-refractivity contribution >= 4 is 16.8 Å². The third kappa shape index (κ3) is 4.45. The Bertz CT molecular complexity index is 1550. The fourth-order valence-corrected chi connectivity index (χ4v) is 3.74. The second-order valence-electron chi connectivity index (χ2n) is 8.27. The summed E-state index contributed by atoms with van der Waals surface area (Å²) in [6.07, 6.45) is -2.92. The number of alkyl halides is 3. The number of halogens is 3. The number of nitrogens with zero attached hydrogens (tertiary/aromatic N) is 4. The molecule has 0 fully saturated rings. The summed E-state index contributed by atoms with van der Waals surface area (Å²) in [7, 11) is 0. The summed E-state index contributed by atoms with van der Waals surface area (Å²) in [5.74, 6) is -0.198. The predicted molar refractivity (Wildman–Crippen MR) is 123 cm³/mol. The summed E-state index contributed by atoms with van der Waals surface area (Å²) in [5, 5.41) is 15.4. The third-order valence-electron chi connectivity index (χ3n) is 5.54. The minimum Gasteiger partial charge on any atom is -0.415 e. The third-order valence-corrected chi connectivity index (χ3v) is 5.54. The Morgan fingerprint density at radius 3 is 2.69 bits per heavy atom. The Morgan fingerprint density at radius 1 is 1.14 bits per heavy atom. The molecule has 0 saturated carbocycles. The average Bonchev–Trinajstić information content (AvgIpc) is 3.60. The minimum atomic E-state index is -4.69. The van der Waals surface area contributed by atoms with E-state index in [1.165, 1.54) is 0 Å². The van der Waals surface area contributed by atoms with Gasteiger partial charge in [0.2, 0.25) is 5.89 Å². The molecule has 3 heterocycles. The molecule has 5 rings (SSSR count). The van der Waals surface area contributed by atoms with Gasteiger partial charge in [0.15, 0.2) is 11.7 Å². The molecule has 0 bridgehead atoms. The first kappa shape index (κ1) is 23.3. The zero-order chi connectivity index (χ0) is 25.4. The van der Waals surface area contributed by atoms with E-state index in [1.54, 1.807) is 43.5 Å². The van der Waals surface area contributed by atoms with Gasteiger partial charge in [-0.1, -0.05) is 18.2 Å². The van der Waals surface area contributed by atoms with E-state index in [0.29, 0.717) is 16.8 Å². The number of rotatable bonds is 6. The van der Waals surface area contributed by atoms with Crippen molar-refractivity contribution in [2.75, 3.05) is 0 Å². The highest BCUT2D eigenvalue weighted by atomic mass is 19.4. The molecule has 0 aliphatic carbocycles. The van der Waals surface area contributed by atoms with Crippen LogP contribution < -0.4 is 11.1 Å². The first-order valence-corrected chi connectivity index (χ1v) is 11.0. The van der Waals surface area contributed by atoms with Gasteiger partial charge in [-0.05, 0) is 42.8 Å². The average molecular weight is 496 g/mol. The van der Waals surface area contributed by atoms with Crippen LogP contribution in [-0.4, -0.2) is 36.9 Å². The lowest BCUT2D eigenvalue weighted by molar-refractivity contribution is -0.398. The van der Waals surface area contributed by atoms with Crippen molar-refractivity contribution in [3.8, 4) is 28.7 Å². The zero-order valence-electron chi connectivity index (χ0n) is 19.0. The smallest absolute Gasteiger partial charge is 0.415 e. The number of amides is 1. The molecule has 1 atom stereocenters. The van der Waals surface area contributed by atoms with E-state index in [1.807, 2.05) is 18.2 Å². The minimum absolute atomic E-state index is 0.0186. The fourth-order valence-electron chi connectivity index (χ4n) is 3.74. The van der Waals surface area contributed by atoms with Crippen LogP contribution >= 0.6 is 0 Å². The molecule has 5 N–H and O–H groups in total. The number of carbonyl (C=O) groups is 1. The van der Waals surface area contributed by atoms with Gasteiger partial charge in [0.1, 0.15) is 5.69 Å². The lowest BCUT2D eigenvalue weighted by Gasteiger charge is -2.09. The molecule has 1 amide bonds. The number of nitrogens with one attached hydrogen (secondary N) is 2. The number of quaternary nitrogens is 1. The van der Waals surface area contributed by atoms with Gasteiger partial charge in [0.05, 0.1) is 5.69 Å². The Kier molecular flexibility index (Phi) is 5.80. The van der Waals surface area contributed by atoms with Gasteiger partial charge in [-0.3, -0.25) is 4.79 Å². The van der Waals surface area contributed by atoms with Crippen molar-refractivity contribution in [3.05, 3.63) is 72.1 Å². The largest absolute Gasteiger partial charge is 0.435 e. The SMILES string of the molecule is C[C@H]([NH3+])C(=O)NCc1cccc(-n2nc(C(F)(F)F)cc2-c2nnc(-c3cccc4[nH]ccc34)o2)c1. The van der Waals surface area contributed by atoms with Crippen LogP contribution in [0.2, 0.25) is 0 Å². The molecule has 0 spiro atoms. The van der Waals surface area contributed by atoms with Gasteiger partial charge < -0.3 is 20.5 Å². The maximum absolute atomic E-state index is 13.6. The van der Waals surface area contributed by atoms with E-state index in [4.69, 9.17) is 4.42 Å². The van der Waals surface area contributed by atoms with Crippen LogP contribution in [0, 0.1) is 0 Å². The van der Waals surface area contributed by atoms with E-state index in [0.717, 1.165) is 21.7 Å². The second kappa shape index (κ2) is 8.96. The van der Waals surface area contributed by atoms with Crippen LogP contribution in [-0.2, 0) is 17.5 Å². The maximum Gasteiger partial charge on any atom is 0.435 e. The fraction of sp³-hybridized carbons (Fsp3) is 0.167. The Morgan fingerprint density at radius 2 is 1.92 bits per heavy atom. The standard InChI is InChI=1S/C24H20F3N7O2/c1-13(28)21(35)30-12-14-4-2-5-15(10-14)34-19(11-20(33-34)24(25,26)27)23-32-31-22(36-23)17-6-3-7-18-16(17)8-9-29-18/h2-11,13,29H,12,28H2,1H3,(H,30,35)/p+1/t13-/m0/s1. The van der Waals surface area contributed by atoms with E-state index in [-0.39, 0.29) is 29.9 Å². The predicted octanol–water partition coefficient (Wildman–Crippen LogP) is 3.34. The molecule has 0 saturated heterocycles. The Labute approximate surface area is 202 Å². The van der Waals surface area contributed by atoms with Crippen molar-refractivity contribution in [3.63, 3.8) is 0 Å². The maximum atomic E-state index is 13.6. The number of fused-ring (bicyclic) bond motifs is 1. The highest BCUT2D eigenvalue weighted by molar-refractivity contribution is 5.92. The molecule has 2 aromatic carbocycles. The molecular weight excluding hydrogens is 475 g/mol. The van der Waals surface area contributed by atoms with Gasteiger partial charge >= 0.3 is 6.18 Å². The molecular formula is C24H21F3N7O2+. The highest BCUT2D eigenvalue weighted by Crippen LogP contribution is 2.34. The molecule has 0 radical (unpaired) electrons. The summed E-state index contributed by atoms with van der Waals surface area (Å²) >= 11 is 0. The number of hydrogen-bond acceptors (Lipinski definition) is 5. The number of benzene rings is 2. The van der Waals surface area contributed by atoms with E-state index in [2.05, 4.69) is 31.3 Å². The van der Waals surface area contributed by atoms with Gasteiger partial charge in [-0.15, -0.1) is 10.2 Å². The van der Waals surface area contributed by atoms with Crippen molar-refractivity contribution in [1.29, 1.82) is 0 Å². The summed E-state index contributed by atoms with van der Waals surface area (Å²) < 4.78 is 47.7. The molecule has 184 valence electrons. The lowest BCUT2D eigenvalue weighted by atomic mass is 10.1. The van der Waals surface area contributed by atoms with Crippen LogP contribution in [0.4, 0.5) is 13.2 Å². The van der Waals surface area contributed by atoms with Crippen LogP contribution in [0.1, 0.15) is 18.2 Å². The normalized spacial score (nSPS) is 12.7. The van der Waals surface area contributed by atoms with Crippen LogP contribution in [0.3, 0.4) is 0 Å². The van der Waals surface area contributed by atoms with Gasteiger partial charge in [-0.25, -0.2) is 4.68 Å². The molecule has 0 aliphatic heterocycles. The molecule has 3 aromatic heterocycles. The first-order valence-electron chi connectivity index (χ1n) is 11.0. The summed E-state index contributed by atoms with van der Waals surface area (Å²) in [4.78, 5) is 15.0. The number of aromatic nitrogens is 5. The number of aromatic amines is 1. The monoisotopic (exact) mass is 496 g/mol. The molecule has 0 aliphatic rings. The summed E-state index contributed by atoms with van der Waals surface area (Å²) in [5.41, 5.74) is 5.05. The van der Waals surface area contributed by atoms with Crippen molar-refractivity contribution in [1.82, 2.24) is 30.3 Å². The van der Waals surface area contributed by atoms with E-state index < -0.39 is 17.9 Å². The van der Waals surface area contributed by atoms with Gasteiger partial charge in [-0.2, -0.15) is 18.3 Å². The van der Waals surface area contributed by atoms with Crippen molar-refractivity contribution in [2.45, 2.75) is 25.7 Å². The topological polar surface area (TPSA) is 129 Å². The number of carbonyl (C=O) groups excluding carboxylic acids is 1. The summed E-state index contributed by atoms with van der Waals surface area (Å²) in [6.45, 7) is 1.84.